The van der Waals surface area contributed by atoms with Crippen molar-refractivity contribution in [1.29, 1.82) is 0 Å². The molecule has 2 saturated heterocycles. The highest BCUT2D eigenvalue weighted by Gasteiger charge is 2.36. The second-order valence-corrected chi connectivity index (χ2v) is 7.76. The Hall–Kier alpha value is -1.88. The number of morpholine rings is 1. The summed E-state index contributed by atoms with van der Waals surface area (Å²) >= 11 is 6.05. The number of nitrogens with zero attached hydrogens (tertiary/aromatic N) is 2. The predicted molar refractivity (Wildman–Crippen MR) is 107 cm³/mol. The lowest BCUT2D eigenvalue weighted by molar-refractivity contribution is -0.140. The molecule has 0 bridgehead atoms. The lowest BCUT2D eigenvalue weighted by Crippen LogP contribution is -2.62. The van der Waals surface area contributed by atoms with Crippen LogP contribution in [0.25, 0.3) is 0 Å². The fraction of sp³-hybridized carbons (Fsp3) is 0.409. The third-order valence-corrected chi connectivity index (χ3v) is 5.88. The summed E-state index contributed by atoms with van der Waals surface area (Å²) in [5.74, 6) is 0.279. The lowest BCUT2D eigenvalue weighted by atomic mass is 9.87. The molecule has 2 aromatic carbocycles. The number of benzene rings is 2. The number of ether oxygens (including phenoxy) is 1. The van der Waals surface area contributed by atoms with Crippen molar-refractivity contribution in [3.8, 4) is 0 Å². The van der Waals surface area contributed by atoms with E-state index >= 15 is 0 Å². The van der Waals surface area contributed by atoms with Crippen LogP contribution in [-0.4, -0.2) is 61.1 Å². The molecule has 27 heavy (non-hydrogen) atoms. The van der Waals surface area contributed by atoms with Gasteiger partial charge in [-0.3, -0.25) is 9.69 Å². The van der Waals surface area contributed by atoms with Crippen molar-refractivity contribution < 1.29 is 9.53 Å². The van der Waals surface area contributed by atoms with Crippen LogP contribution >= 0.6 is 11.6 Å². The largest absolute Gasteiger partial charge is 0.379 e. The van der Waals surface area contributed by atoms with Crippen LogP contribution in [0.1, 0.15) is 23.5 Å². The summed E-state index contributed by atoms with van der Waals surface area (Å²) in [4.78, 5) is 17.4. The SMILES string of the molecule is O=C(C[C@H](c1ccccc1)c1ccc(Cl)cc1)N1CC(N2CCOCC2)C1. The Labute approximate surface area is 165 Å². The molecule has 2 fully saturated rings. The zero-order valence-electron chi connectivity index (χ0n) is 15.4. The van der Waals surface area contributed by atoms with E-state index in [0.29, 0.717) is 17.5 Å². The first-order chi connectivity index (χ1) is 13.2. The summed E-state index contributed by atoms with van der Waals surface area (Å²) < 4.78 is 5.42. The number of likely N-dealkylation sites (tertiary alicyclic amines) is 1. The van der Waals surface area contributed by atoms with E-state index in [0.717, 1.165) is 45.0 Å². The highest BCUT2D eigenvalue weighted by molar-refractivity contribution is 6.30. The Bertz CT molecular complexity index is 754. The van der Waals surface area contributed by atoms with Gasteiger partial charge in [0.25, 0.3) is 0 Å². The quantitative estimate of drug-likeness (QED) is 0.792. The molecule has 2 aliphatic rings. The molecular formula is C22H25ClN2O2. The van der Waals surface area contributed by atoms with Gasteiger partial charge in [-0.1, -0.05) is 54.1 Å². The van der Waals surface area contributed by atoms with Crippen molar-refractivity contribution in [2.45, 2.75) is 18.4 Å². The summed E-state index contributed by atoms with van der Waals surface area (Å²) in [5.41, 5.74) is 2.29. The third-order valence-electron chi connectivity index (χ3n) is 5.63. The fourth-order valence-corrected chi connectivity index (χ4v) is 4.07. The first kappa shape index (κ1) is 18.5. The molecule has 1 atom stereocenters. The maximum absolute atomic E-state index is 12.9. The number of carbonyl (C=O) groups excluding carboxylic acids is 1. The average molecular weight is 385 g/mol. The van der Waals surface area contributed by atoms with E-state index < -0.39 is 0 Å². The maximum Gasteiger partial charge on any atom is 0.223 e. The monoisotopic (exact) mass is 384 g/mol. The topological polar surface area (TPSA) is 32.8 Å². The molecule has 4 nitrogen and oxygen atoms in total. The van der Waals surface area contributed by atoms with Crippen LogP contribution in [0.3, 0.4) is 0 Å². The number of carbonyl (C=O) groups is 1. The van der Waals surface area contributed by atoms with E-state index in [4.69, 9.17) is 16.3 Å². The van der Waals surface area contributed by atoms with Crippen LogP contribution in [0, 0.1) is 0 Å². The third kappa shape index (κ3) is 4.34. The van der Waals surface area contributed by atoms with Crippen LogP contribution in [0.15, 0.2) is 54.6 Å². The average Bonchev–Trinajstić information content (AvgIpc) is 2.67. The number of rotatable bonds is 5. The molecule has 2 aromatic rings. The molecule has 2 heterocycles. The number of hydrogen-bond acceptors (Lipinski definition) is 3. The number of halogens is 1. The summed E-state index contributed by atoms with van der Waals surface area (Å²) in [6, 6.07) is 18.6. The van der Waals surface area contributed by atoms with Gasteiger partial charge in [0.1, 0.15) is 0 Å². The minimum atomic E-state index is 0.0541. The molecule has 0 radical (unpaired) electrons. The van der Waals surface area contributed by atoms with Gasteiger partial charge in [0.15, 0.2) is 0 Å². The summed E-state index contributed by atoms with van der Waals surface area (Å²) in [6.45, 7) is 5.23. The summed E-state index contributed by atoms with van der Waals surface area (Å²) in [7, 11) is 0. The highest BCUT2D eigenvalue weighted by Crippen LogP contribution is 2.30. The van der Waals surface area contributed by atoms with E-state index in [9.17, 15) is 4.79 Å². The van der Waals surface area contributed by atoms with Crippen molar-refractivity contribution in [2.24, 2.45) is 0 Å². The smallest absolute Gasteiger partial charge is 0.223 e. The van der Waals surface area contributed by atoms with Crippen LogP contribution in [0.4, 0.5) is 0 Å². The van der Waals surface area contributed by atoms with Crippen LogP contribution < -0.4 is 0 Å². The molecular weight excluding hydrogens is 360 g/mol. The molecule has 0 saturated carbocycles. The van der Waals surface area contributed by atoms with Gasteiger partial charge in [-0.2, -0.15) is 0 Å². The normalized spacial score (nSPS) is 19.5. The fourth-order valence-electron chi connectivity index (χ4n) is 3.94. The molecule has 0 aliphatic carbocycles. The van der Waals surface area contributed by atoms with Crippen molar-refractivity contribution in [3.05, 3.63) is 70.7 Å². The molecule has 142 valence electrons. The minimum absolute atomic E-state index is 0.0541. The minimum Gasteiger partial charge on any atom is -0.379 e. The Balaban J connectivity index is 1.42. The summed E-state index contributed by atoms with van der Waals surface area (Å²) in [5, 5.41) is 0.716. The highest BCUT2D eigenvalue weighted by atomic mass is 35.5. The first-order valence-electron chi connectivity index (χ1n) is 9.60. The second kappa shape index (κ2) is 8.42. The van der Waals surface area contributed by atoms with E-state index in [2.05, 4.69) is 17.0 Å². The Kier molecular flexibility index (Phi) is 5.77. The van der Waals surface area contributed by atoms with Gasteiger partial charge < -0.3 is 9.64 Å². The van der Waals surface area contributed by atoms with E-state index in [-0.39, 0.29) is 11.8 Å². The summed E-state index contributed by atoms with van der Waals surface area (Å²) in [6.07, 6.45) is 0.488. The van der Waals surface area contributed by atoms with Crippen LogP contribution in [-0.2, 0) is 9.53 Å². The van der Waals surface area contributed by atoms with E-state index in [1.807, 2.05) is 47.4 Å². The van der Waals surface area contributed by atoms with Gasteiger partial charge in [0.05, 0.1) is 13.2 Å². The molecule has 5 heteroatoms. The van der Waals surface area contributed by atoms with Gasteiger partial charge in [-0.15, -0.1) is 0 Å². The molecule has 0 aromatic heterocycles. The van der Waals surface area contributed by atoms with Crippen molar-refractivity contribution in [1.82, 2.24) is 9.80 Å². The first-order valence-corrected chi connectivity index (χ1v) is 9.98. The molecule has 0 spiro atoms. The maximum atomic E-state index is 12.9. The van der Waals surface area contributed by atoms with E-state index in [1.165, 1.54) is 5.56 Å². The lowest BCUT2D eigenvalue weighted by Gasteiger charge is -2.46. The second-order valence-electron chi connectivity index (χ2n) is 7.32. The predicted octanol–water partition coefficient (Wildman–Crippen LogP) is 3.41. The van der Waals surface area contributed by atoms with E-state index in [1.54, 1.807) is 0 Å². The molecule has 4 rings (SSSR count). The zero-order chi connectivity index (χ0) is 18.6. The molecule has 1 amide bonds. The Morgan fingerprint density at radius 3 is 2.30 bits per heavy atom. The van der Waals surface area contributed by atoms with Gasteiger partial charge in [0, 0.05) is 49.6 Å². The van der Waals surface area contributed by atoms with Crippen LogP contribution in [0.5, 0.6) is 0 Å². The van der Waals surface area contributed by atoms with Gasteiger partial charge in [-0.05, 0) is 23.3 Å². The molecule has 0 N–H and O–H groups in total. The van der Waals surface area contributed by atoms with Crippen molar-refractivity contribution >= 4 is 17.5 Å². The zero-order valence-corrected chi connectivity index (χ0v) is 16.1. The van der Waals surface area contributed by atoms with Gasteiger partial charge in [0.2, 0.25) is 5.91 Å². The Morgan fingerprint density at radius 2 is 1.63 bits per heavy atom. The molecule has 0 unspecified atom stereocenters. The van der Waals surface area contributed by atoms with Crippen molar-refractivity contribution in [2.75, 3.05) is 39.4 Å². The standard InChI is InChI=1S/C22H25ClN2O2/c23-19-8-6-18(7-9-19)21(17-4-2-1-3-5-17)14-22(26)25-15-20(16-25)24-10-12-27-13-11-24/h1-9,20-21H,10-16H2/t21-/m1/s1. The molecule has 2 aliphatic heterocycles. The number of amides is 1. The van der Waals surface area contributed by atoms with Gasteiger partial charge >= 0.3 is 0 Å². The Morgan fingerprint density at radius 1 is 1.00 bits per heavy atom. The van der Waals surface area contributed by atoms with Crippen LogP contribution in [0.2, 0.25) is 5.02 Å². The number of hydrogen-bond donors (Lipinski definition) is 0. The van der Waals surface area contributed by atoms with Gasteiger partial charge in [-0.25, -0.2) is 0 Å². The van der Waals surface area contributed by atoms with Crippen molar-refractivity contribution in [3.63, 3.8) is 0 Å².